The van der Waals surface area contributed by atoms with E-state index in [-0.39, 0.29) is 5.91 Å². The number of hydrogen-bond acceptors (Lipinski definition) is 5. The van der Waals surface area contributed by atoms with Crippen LogP contribution in [-0.2, 0) is 0 Å². The molecule has 2 heterocycles. The molecule has 5 nitrogen and oxygen atoms in total. The molecule has 3 N–H and O–H groups in total. The Bertz CT molecular complexity index is 523. The topological polar surface area (TPSA) is 80.9 Å². The maximum atomic E-state index is 11.7. The second-order valence-corrected chi connectivity index (χ2v) is 4.13. The van der Waals surface area contributed by atoms with E-state index in [4.69, 9.17) is 5.73 Å². The number of thiazole rings is 1. The molecule has 0 aliphatic carbocycles. The SMILES string of the molecule is Cc1ccnc(NC(=O)c2csc(N)n2)c1. The number of rotatable bonds is 2. The minimum absolute atomic E-state index is 0.300. The summed E-state index contributed by atoms with van der Waals surface area (Å²) in [5, 5.41) is 4.64. The van der Waals surface area contributed by atoms with E-state index in [1.165, 1.54) is 11.3 Å². The normalized spacial score (nSPS) is 10.1. The van der Waals surface area contributed by atoms with Gasteiger partial charge in [0.2, 0.25) is 0 Å². The van der Waals surface area contributed by atoms with Crippen molar-refractivity contribution in [2.24, 2.45) is 0 Å². The van der Waals surface area contributed by atoms with E-state index in [9.17, 15) is 4.79 Å². The van der Waals surface area contributed by atoms with Gasteiger partial charge in [0.1, 0.15) is 11.5 Å². The van der Waals surface area contributed by atoms with Crippen molar-refractivity contribution < 1.29 is 4.79 Å². The Morgan fingerprint density at radius 2 is 2.38 bits per heavy atom. The number of nitrogens with zero attached hydrogens (tertiary/aromatic N) is 2. The quantitative estimate of drug-likeness (QED) is 0.828. The number of nitrogens with two attached hydrogens (primary N) is 1. The summed E-state index contributed by atoms with van der Waals surface area (Å²) in [5.74, 6) is 0.211. The van der Waals surface area contributed by atoms with Gasteiger partial charge in [0, 0.05) is 11.6 Å². The number of amides is 1. The first-order chi connectivity index (χ1) is 7.65. The zero-order chi connectivity index (χ0) is 11.5. The molecule has 0 fully saturated rings. The minimum Gasteiger partial charge on any atom is -0.375 e. The zero-order valence-corrected chi connectivity index (χ0v) is 9.41. The molecule has 2 aromatic rings. The Morgan fingerprint density at radius 3 is 3.00 bits per heavy atom. The Balaban J connectivity index is 2.13. The molecule has 0 bridgehead atoms. The Hall–Kier alpha value is -1.95. The van der Waals surface area contributed by atoms with Crippen LogP contribution in [0.3, 0.4) is 0 Å². The van der Waals surface area contributed by atoms with E-state index in [1.54, 1.807) is 17.6 Å². The van der Waals surface area contributed by atoms with Gasteiger partial charge in [-0.1, -0.05) is 0 Å². The van der Waals surface area contributed by atoms with Crippen LogP contribution in [0, 0.1) is 6.92 Å². The standard InChI is InChI=1S/C10H10N4OS/c1-6-2-3-12-8(4-6)14-9(15)7-5-16-10(11)13-7/h2-5H,1H3,(H2,11,13)(H,12,14,15). The van der Waals surface area contributed by atoms with Crippen molar-refractivity contribution in [3.05, 3.63) is 35.0 Å². The number of nitrogen functional groups attached to an aromatic ring is 1. The van der Waals surface area contributed by atoms with Crippen molar-refractivity contribution in [2.45, 2.75) is 6.92 Å². The van der Waals surface area contributed by atoms with Crippen LogP contribution in [0.1, 0.15) is 16.1 Å². The highest BCUT2D eigenvalue weighted by molar-refractivity contribution is 7.13. The molecule has 0 aliphatic heterocycles. The van der Waals surface area contributed by atoms with Crippen LogP contribution in [0.5, 0.6) is 0 Å². The lowest BCUT2D eigenvalue weighted by Gasteiger charge is -2.02. The first kappa shape index (κ1) is 10.6. The predicted octanol–water partition coefficient (Wildman–Crippen LogP) is 1.68. The highest BCUT2D eigenvalue weighted by Gasteiger charge is 2.10. The van der Waals surface area contributed by atoms with Crippen LogP contribution in [-0.4, -0.2) is 15.9 Å². The lowest BCUT2D eigenvalue weighted by atomic mass is 10.3. The summed E-state index contributed by atoms with van der Waals surface area (Å²) in [6.07, 6.45) is 1.64. The van der Waals surface area contributed by atoms with Crippen LogP contribution >= 0.6 is 11.3 Å². The van der Waals surface area contributed by atoms with Crippen LogP contribution < -0.4 is 11.1 Å². The third kappa shape index (κ3) is 2.34. The van der Waals surface area contributed by atoms with Crippen LogP contribution in [0.25, 0.3) is 0 Å². The Labute approximate surface area is 96.3 Å². The summed E-state index contributed by atoms with van der Waals surface area (Å²) >= 11 is 1.23. The predicted molar refractivity (Wildman–Crippen MR) is 63.5 cm³/mol. The molecule has 0 spiro atoms. The molecule has 2 rings (SSSR count). The molecule has 0 saturated heterocycles. The largest absolute Gasteiger partial charge is 0.375 e. The van der Waals surface area contributed by atoms with Crippen molar-refractivity contribution >= 4 is 28.2 Å². The van der Waals surface area contributed by atoms with Gasteiger partial charge in [-0.25, -0.2) is 9.97 Å². The lowest BCUT2D eigenvalue weighted by Crippen LogP contribution is -2.13. The first-order valence-corrected chi connectivity index (χ1v) is 5.48. The van der Waals surface area contributed by atoms with Gasteiger partial charge in [-0.05, 0) is 24.6 Å². The number of carbonyl (C=O) groups is 1. The highest BCUT2D eigenvalue weighted by Crippen LogP contribution is 2.13. The maximum absolute atomic E-state index is 11.7. The summed E-state index contributed by atoms with van der Waals surface area (Å²) in [6, 6.07) is 3.64. The number of nitrogens with one attached hydrogen (secondary N) is 1. The van der Waals surface area contributed by atoms with Gasteiger partial charge in [-0.2, -0.15) is 0 Å². The molecule has 1 amide bonds. The van der Waals surface area contributed by atoms with E-state index in [0.29, 0.717) is 16.6 Å². The average molecular weight is 234 g/mol. The molecule has 0 saturated carbocycles. The summed E-state index contributed by atoms with van der Waals surface area (Å²) in [6.45, 7) is 1.93. The number of aryl methyl sites for hydroxylation is 1. The van der Waals surface area contributed by atoms with E-state index in [0.717, 1.165) is 5.56 Å². The van der Waals surface area contributed by atoms with E-state index < -0.39 is 0 Å². The first-order valence-electron chi connectivity index (χ1n) is 4.60. The molecule has 0 aliphatic rings. The summed E-state index contributed by atoms with van der Waals surface area (Å²) in [7, 11) is 0. The van der Waals surface area contributed by atoms with Crippen LogP contribution in [0.2, 0.25) is 0 Å². The van der Waals surface area contributed by atoms with Gasteiger partial charge in [-0.15, -0.1) is 11.3 Å². The molecule has 0 aromatic carbocycles. The third-order valence-electron chi connectivity index (χ3n) is 1.91. The summed E-state index contributed by atoms with van der Waals surface area (Å²) in [5.41, 5.74) is 6.79. The third-order valence-corrected chi connectivity index (χ3v) is 2.59. The second-order valence-electron chi connectivity index (χ2n) is 3.24. The molecule has 82 valence electrons. The smallest absolute Gasteiger partial charge is 0.276 e. The highest BCUT2D eigenvalue weighted by atomic mass is 32.1. The molecule has 0 atom stereocenters. The molecule has 0 unspecified atom stereocenters. The molecular formula is C10H10N4OS. The minimum atomic E-state index is -0.300. The van der Waals surface area contributed by atoms with Gasteiger partial charge >= 0.3 is 0 Å². The number of hydrogen-bond donors (Lipinski definition) is 2. The van der Waals surface area contributed by atoms with Gasteiger partial charge in [0.15, 0.2) is 5.13 Å². The van der Waals surface area contributed by atoms with Crippen molar-refractivity contribution in [3.8, 4) is 0 Å². The van der Waals surface area contributed by atoms with Gasteiger partial charge in [-0.3, -0.25) is 4.79 Å². The fourth-order valence-corrected chi connectivity index (χ4v) is 1.72. The number of carbonyl (C=O) groups excluding carboxylic acids is 1. The van der Waals surface area contributed by atoms with Crippen molar-refractivity contribution in [1.82, 2.24) is 9.97 Å². The molecule has 2 aromatic heterocycles. The maximum Gasteiger partial charge on any atom is 0.276 e. The second kappa shape index (κ2) is 4.28. The van der Waals surface area contributed by atoms with E-state index in [1.807, 2.05) is 13.0 Å². The Morgan fingerprint density at radius 1 is 1.56 bits per heavy atom. The van der Waals surface area contributed by atoms with E-state index in [2.05, 4.69) is 15.3 Å². The number of anilines is 2. The van der Waals surface area contributed by atoms with Crippen molar-refractivity contribution in [1.29, 1.82) is 0 Å². The van der Waals surface area contributed by atoms with Gasteiger partial charge < -0.3 is 11.1 Å². The van der Waals surface area contributed by atoms with Crippen LogP contribution in [0.15, 0.2) is 23.7 Å². The van der Waals surface area contributed by atoms with Crippen molar-refractivity contribution in [3.63, 3.8) is 0 Å². The summed E-state index contributed by atoms with van der Waals surface area (Å²) < 4.78 is 0. The lowest BCUT2D eigenvalue weighted by molar-refractivity contribution is 0.102. The fraction of sp³-hybridized carbons (Fsp3) is 0.100. The summed E-state index contributed by atoms with van der Waals surface area (Å²) in [4.78, 5) is 19.6. The molecule has 0 radical (unpaired) electrons. The van der Waals surface area contributed by atoms with E-state index >= 15 is 0 Å². The van der Waals surface area contributed by atoms with Gasteiger partial charge in [0.25, 0.3) is 5.91 Å². The molecular weight excluding hydrogens is 224 g/mol. The zero-order valence-electron chi connectivity index (χ0n) is 8.60. The fourth-order valence-electron chi connectivity index (χ4n) is 1.18. The van der Waals surface area contributed by atoms with Crippen LogP contribution in [0.4, 0.5) is 10.9 Å². The van der Waals surface area contributed by atoms with Crippen molar-refractivity contribution in [2.75, 3.05) is 11.1 Å². The van der Waals surface area contributed by atoms with Gasteiger partial charge in [0.05, 0.1) is 0 Å². The average Bonchev–Trinajstić information content (AvgIpc) is 2.65. The monoisotopic (exact) mass is 234 g/mol. The number of aromatic nitrogens is 2. The number of pyridine rings is 1. The molecule has 16 heavy (non-hydrogen) atoms. The molecule has 6 heteroatoms. The Kier molecular flexibility index (Phi) is 2.82.